The minimum atomic E-state index is 0.205. The molecule has 0 aliphatic carbocycles. The van der Waals surface area contributed by atoms with Crippen LogP contribution in [0.4, 0.5) is 0 Å². The first-order valence-electron chi connectivity index (χ1n) is 15.1. The lowest BCUT2D eigenvalue weighted by Crippen LogP contribution is -1.94. The summed E-state index contributed by atoms with van der Waals surface area (Å²) in [5, 5.41) is 33.2. The lowest BCUT2D eigenvalue weighted by molar-refractivity contribution is 0.460. The van der Waals surface area contributed by atoms with Crippen LogP contribution in [0.1, 0.15) is 16.7 Å². The molecular weight excluding hydrogens is 669 g/mol. The van der Waals surface area contributed by atoms with E-state index in [2.05, 4.69) is 18.2 Å². The molecule has 9 heteroatoms. The Labute approximate surface area is 296 Å². The minimum Gasteiger partial charge on any atom is -0.456 e. The van der Waals surface area contributed by atoms with Gasteiger partial charge in [0.1, 0.15) is 80.9 Å². The number of benzene rings is 7. The van der Waals surface area contributed by atoms with Gasteiger partial charge in [0.05, 0.1) is 10.0 Å². The smallest absolute Gasteiger partial charge is 0.149 e. The van der Waals surface area contributed by atoms with E-state index >= 15 is 0 Å². The van der Waals surface area contributed by atoms with E-state index in [-0.39, 0.29) is 16.7 Å². The maximum absolute atomic E-state index is 10.2. The molecule has 0 saturated carbocycles. The predicted molar refractivity (Wildman–Crippen MR) is 192 cm³/mol. The van der Waals surface area contributed by atoms with Crippen LogP contribution in [-0.2, 0) is 0 Å². The lowest BCUT2D eigenvalue weighted by Gasteiger charge is -2.15. The molecule has 50 heavy (non-hydrogen) atoms. The monoisotopic (exact) mass is 689 g/mol. The fraction of sp³-hybridized carbons (Fsp3) is 0. The first kappa shape index (κ1) is 31.9. The second-order valence-electron chi connectivity index (χ2n) is 10.9. The second kappa shape index (κ2) is 13.8. The highest BCUT2D eigenvalue weighted by molar-refractivity contribution is 6.32. The maximum Gasteiger partial charge on any atom is 0.149 e. The van der Waals surface area contributed by atoms with Gasteiger partial charge >= 0.3 is 0 Å². The lowest BCUT2D eigenvalue weighted by atomic mass is 10.1. The summed E-state index contributed by atoms with van der Waals surface area (Å²) in [5.41, 5.74) is 0.694. The molecule has 0 N–H and O–H groups in total. The summed E-state index contributed by atoms with van der Waals surface area (Å²) in [6.45, 7) is 0. The summed E-state index contributed by atoms with van der Waals surface area (Å²) in [6.07, 6.45) is 0. The number of nitrogens with zero attached hydrogens (tertiary/aromatic N) is 3. The van der Waals surface area contributed by atoms with Gasteiger partial charge in [-0.3, -0.25) is 0 Å². The van der Waals surface area contributed by atoms with Gasteiger partial charge in [-0.2, -0.15) is 15.8 Å². The topological polar surface area (TPSA) is 108 Å². The highest BCUT2D eigenvalue weighted by Crippen LogP contribution is 2.41. The Hall–Kier alpha value is -6.69. The van der Waals surface area contributed by atoms with Crippen molar-refractivity contribution in [3.05, 3.63) is 154 Å². The number of hydrogen-bond donors (Lipinski definition) is 0. The molecule has 0 heterocycles. The number of fused-ring (bicyclic) bond motifs is 2. The van der Waals surface area contributed by atoms with Gasteiger partial charge in [0.2, 0.25) is 0 Å². The number of ether oxygens (including phenoxy) is 4. The van der Waals surface area contributed by atoms with E-state index in [0.29, 0.717) is 56.0 Å². The average molecular weight is 691 g/mol. The van der Waals surface area contributed by atoms with E-state index in [9.17, 15) is 15.8 Å². The molecule has 0 aliphatic heterocycles. The summed E-state index contributed by atoms with van der Waals surface area (Å²) < 4.78 is 24.7. The zero-order chi connectivity index (χ0) is 34.6. The predicted octanol–water partition coefficient (Wildman–Crippen LogP) is 12.1. The SMILES string of the molecule is N#Cc1c(Cl)cccc1Oc1ccc2ccc(Oc3cccc(Oc4cccc5c(Oc6cccc(Cl)c6C#N)cccc45)c3C#N)cc2c1. The fourth-order valence-electron chi connectivity index (χ4n) is 5.44. The number of halogens is 2. The third-order valence-corrected chi connectivity index (χ3v) is 8.42. The highest BCUT2D eigenvalue weighted by atomic mass is 35.5. The van der Waals surface area contributed by atoms with E-state index in [0.717, 1.165) is 21.5 Å². The molecule has 0 fully saturated rings. The van der Waals surface area contributed by atoms with Crippen molar-refractivity contribution in [3.8, 4) is 64.2 Å². The van der Waals surface area contributed by atoms with Crippen molar-refractivity contribution in [1.29, 1.82) is 15.8 Å². The van der Waals surface area contributed by atoms with Crippen LogP contribution >= 0.6 is 23.2 Å². The summed E-state index contributed by atoms with van der Waals surface area (Å²) in [5.74, 6) is 3.31. The Kier molecular flexibility index (Phi) is 8.81. The van der Waals surface area contributed by atoms with Crippen LogP contribution in [0.5, 0.6) is 46.0 Å². The van der Waals surface area contributed by atoms with Gasteiger partial charge in [-0.05, 0) is 83.6 Å². The van der Waals surface area contributed by atoms with Crippen molar-refractivity contribution >= 4 is 44.7 Å². The molecule has 0 unspecified atom stereocenters. The fourth-order valence-corrected chi connectivity index (χ4v) is 5.85. The van der Waals surface area contributed by atoms with Crippen LogP contribution in [0, 0.1) is 34.0 Å². The van der Waals surface area contributed by atoms with Crippen LogP contribution in [0.15, 0.2) is 127 Å². The maximum atomic E-state index is 10.2. The number of nitriles is 3. The van der Waals surface area contributed by atoms with E-state index in [1.165, 1.54) is 0 Å². The Morgan fingerprint density at radius 3 is 1.24 bits per heavy atom. The first-order valence-corrected chi connectivity index (χ1v) is 15.9. The van der Waals surface area contributed by atoms with Crippen LogP contribution in [0.2, 0.25) is 10.0 Å². The van der Waals surface area contributed by atoms with Gasteiger partial charge in [-0.25, -0.2) is 0 Å². The van der Waals surface area contributed by atoms with Crippen LogP contribution in [-0.4, -0.2) is 0 Å². The van der Waals surface area contributed by atoms with E-state index in [1.807, 2.05) is 60.7 Å². The quantitative estimate of drug-likeness (QED) is 0.156. The molecule has 0 atom stereocenters. The van der Waals surface area contributed by atoms with Crippen molar-refractivity contribution in [2.75, 3.05) is 0 Å². The van der Waals surface area contributed by atoms with Crippen molar-refractivity contribution < 1.29 is 18.9 Å². The van der Waals surface area contributed by atoms with Crippen molar-refractivity contribution in [1.82, 2.24) is 0 Å². The highest BCUT2D eigenvalue weighted by Gasteiger charge is 2.17. The average Bonchev–Trinajstić information content (AvgIpc) is 3.12. The third kappa shape index (κ3) is 6.29. The standard InChI is InChI=1S/C41H21Cl2N3O4/c42-34-8-3-12-38(31(34)22-44)47-27-18-16-25-17-19-28(21-26(25)20-27)48-40-14-5-15-41(33(40)24-46)50-37-11-2-6-29-30(37)7-1-10-36(29)49-39-13-4-9-35(43)32(39)23-45/h1-21H. The summed E-state index contributed by atoms with van der Waals surface area (Å²) >= 11 is 12.4. The van der Waals surface area contributed by atoms with Gasteiger partial charge in [0.15, 0.2) is 0 Å². The van der Waals surface area contributed by atoms with E-state index < -0.39 is 0 Å². The van der Waals surface area contributed by atoms with Crippen LogP contribution in [0.25, 0.3) is 21.5 Å². The van der Waals surface area contributed by atoms with Crippen molar-refractivity contribution in [3.63, 3.8) is 0 Å². The van der Waals surface area contributed by atoms with Crippen molar-refractivity contribution in [2.45, 2.75) is 0 Å². The zero-order valence-corrected chi connectivity index (χ0v) is 27.4. The molecule has 0 saturated heterocycles. The van der Waals surface area contributed by atoms with E-state index in [4.69, 9.17) is 42.1 Å². The van der Waals surface area contributed by atoms with Crippen LogP contribution in [0.3, 0.4) is 0 Å². The molecule has 0 bridgehead atoms. The van der Waals surface area contributed by atoms with E-state index in [1.54, 1.807) is 66.7 Å². The first-order chi connectivity index (χ1) is 24.4. The molecule has 7 rings (SSSR count). The van der Waals surface area contributed by atoms with Crippen LogP contribution < -0.4 is 18.9 Å². The Morgan fingerprint density at radius 2 is 0.760 bits per heavy atom. The Morgan fingerprint density at radius 1 is 0.380 bits per heavy atom. The molecular formula is C41H21Cl2N3O4. The van der Waals surface area contributed by atoms with Gasteiger partial charge in [-0.15, -0.1) is 0 Å². The molecule has 0 radical (unpaired) electrons. The van der Waals surface area contributed by atoms with Gasteiger partial charge < -0.3 is 18.9 Å². The molecule has 0 aromatic heterocycles. The molecule has 238 valence electrons. The van der Waals surface area contributed by atoms with Gasteiger partial charge in [-0.1, -0.05) is 77.8 Å². The van der Waals surface area contributed by atoms with Crippen molar-refractivity contribution in [2.24, 2.45) is 0 Å². The Balaban J connectivity index is 1.17. The molecule has 0 aliphatic rings. The molecule has 7 aromatic carbocycles. The largest absolute Gasteiger partial charge is 0.456 e. The molecule has 0 spiro atoms. The molecule has 7 nitrogen and oxygen atoms in total. The summed E-state index contributed by atoms with van der Waals surface area (Å²) in [6, 6.07) is 43.7. The van der Waals surface area contributed by atoms with Gasteiger partial charge in [0.25, 0.3) is 0 Å². The summed E-state index contributed by atoms with van der Waals surface area (Å²) in [4.78, 5) is 0. The second-order valence-corrected chi connectivity index (χ2v) is 11.7. The zero-order valence-electron chi connectivity index (χ0n) is 25.9. The Bertz CT molecular complexity index is 2580. The normalized spacial score (nSPS) is 10.5. The number of hydrogen-bond acceptors (Lipinski definition) is 7. The summed E-state index contributed by atoms with van der Waals surface area (Å²) in [7, 11) is 0. The minimum absolute atomic E-state index is 0.205. The molecule has 7 aromatic rings. The molecule has 0 amide bonds. The number of rotatable bonds is 8. The third-order valence-electron chi connectivity index (χ3n) is 7.79. The van der Waals surface area contributed by atoms with Gasteiger partial charge in [0, 0.05) is 10.8 Å².